The summed E-state index contributed by atoms with van der Waals surface area (Å²) in [5.74, 6) is -0.171. The molecular formula is C22H21FN4O2S. The van der Waals surface area contributed by atoms with E-state index in [-0.39, 0.29) is 29.3 Å². The van der Waals surface area contributed by atoms with Crippen molar-refractivity contribution < 1.29 is 14.0 Å². The van der Waals surface area contributed by atoms with Crippen molar-refractivity contribution in [1.29, 1.82) is 0 Å². The Labute approximate surface area is 178 Å². The molecule has 1 atom stereocenters. The SMILES string of the molecule is Cc1ccc(NC(=O)CSC2=Nc3ccccc3C3=N[C@@H](C(C)C)C(=O)N23)cc1F. The minimum atomic E-state index is -0.471. The van der Waals surface area contributed by atoms with Gasteiger partial charge < -0.3 is 5.32 Å². The molecule has 2 amide bonds. The van der Waals surface area contributed by atoms with Crippen LogP contribution in [0.1, 0.15) is 25.0 Å². The van der Waals surface area contributed by atoms with Crippen molar-refractivity contribution in [1.82, 2.24) is 4.90 Å². The predicted octanol–water partition coefficient (Wildman–Crippen LogP) is 4.12. The third kappa shape index (κ3) is 3.75. The van der Waals surface area contributed by atoms with Crippen molar-refractivity contribution >= 4 is 46.0 Å². The quantitative estimate of drug-likeness (QED) is 0.802. The Morgan fingerprint density at radius 1 is 1.27 bits per heavy atom. The molecule has 8 heteroatoms. The third-order valence-electron chi connectivity index (χ3n) is 4.92. The van der Waals surface area contributed by atoms with E-state index in [0.29, 0.717) is 27.9 Å². The number of nitrogens with zero attached hydrogens (tertiary/aromatic N) is 3. The zero-order chi connectivity index (χ0) is 21.4. The number of hydrogen-bond acceptors (Lipinski definition) is 5. The van der Waals surface area contributed by atoms with Gasteiger partial charge >= 0.3 is 0 Å². The van der Waals surface area contributed by atoms with Gasteiger partial charge in [-0.05, 0) is 42.7 Å². The average molecular weight is 425 g/mol. The van der Waals surface area contributed by atoms with E-state index in [1.54, 1.807) is 19.1 Å². The Morgan fingerprint density at radius 3 is 2.77 bits per heavy atom. The summed E-state index contributed by atoms with van der Waals surface area (Å²) in [7, 11) is 0. The molecule has 154 valence electrons. The van der Waals surface area contributed by atoms with Crippen molar-refractivity contribution in [3.05, 3.63) is 59.4 Å². The van der Waals surface area contributed by atoms with Crippen LogP contribution in [0.15, 0.2) is 52.4 Å². The summed E-state index contributed by atoms with van der Waals surface area (Å²) in [6.07, 6.45) is 0. The Kier molecular flexibility index (Phi) is 5.42. The fourth-order valence-corrected chi connectivity index (χ4v) is 4.10. The summed E-state index contributed by atoms with van der Waals surface area (Å²) in [5, 5.41) is 3.10. The number of fused-ring (bicyclic) bond motifs is 3. The molecule has 2 aliphatic rings. The number of halogens is 1. The molecule has 0 aliphatic carbocycles. The van der Waals surface area contributed by atoms with Gasteiger partial charge in [0.1, 0.15) is 17.7 Å². The lowest BCUT2D eigenvalue weighted by Gasteiger charge is -2.25. The van der Waals surface area contributed by atoms with Gasteiger partial charge in [0.15, 0.2) is 5.17 Å². The number of hydrogen-bond donors (Lipinski definition) is 1. The van der Waals surface area contributed by atoms with Crippen molar-refractivity contribution in [2.75, 3.05) is 11.1 Å². The van der Waals surface area contributed by atoms with Crippen LogP contribution < -0.4 is 5.32 Å². The highest BCUT2D eigenvalue weighted by atomic mass is 32.2. The summed E-state index contributed by atoms with van der Waals surface area (Å²) in [6, 6.07) is 11.6. The smallest absolute Gasteiger partial charge is 0.259 e. The number of carbonyl (C=O) groups is 2. The van der Waals surface area contributed by atoms with E-state index in [2.05, 4.69) is 15.3 Å². The third-order valence-corrected chi connectivity index (χ3v) is 5.86. The van der Waals surface area contributed by atoms with Gasteiger partial charge in [0.05, 0.1) is 11.4 Å². The zero-order valence-corrected chi connectivity index (χ0v) is 17.7. The van der Waals surface area contributed by atoms with E-state index >= 15 is 0 Å². The Bertz CT molecular complexity index is 1100. The number of amidine groups is 2. The van der Waals surface area contributed by atoms with Crippen LogP contribution in [-0.2, 0) is 9.59 Å². The lowest BCUT2D eigenvalue weighted by molar-refractivity contribution is -0.125. The van der Waals surface area contributed by atoms with Crippen LogP contribution in [0.2, 0.25) is 0 Å². The van der Waals surface area contributed by atoms with Gasteiger partial charge in [0.25, 0.3) is 5.91 Å². The minimum absolute atomic E-state index is 0.0277. The van der Waals surface area contributed by atoms with Gasteiger partial charge in [-0.15, -0.1) is 0 Å². The van der Waals surface area contributed by atoms with Crippen LogP contribution in [0.4, 0.5) is 15.8 Å². The summed E-state index contributed by atoms with van der Waals surface area (Å²) < 4.78 is 13.7. The maximum Gasteiger partial charge on any atom is 0.259 e. The number of nitrogens with one attached hydrogen (secondary N) is 1. The van der Waals surface area contributed by atoms with Gasteiger partial charge in [0.2, 0.25) is 5.91 Å². The molecule has 6 nitrogen and oxygen atoms in total. The number of para-hydroxylation sites is 1. The summed E-state index contributed by atoms with van der Waals surface area (Å²) in [5.41, 5.74) is 2.42. The molecule has 0 radical (unpaired) electrons. The van der Waals surface area contributed by atoms with E-state index in [1.165, 1.54) is 11.0 Å². The number of rotatable bonds is 4. The fraction of sp³-hybridized carbons (Fsp3) is 0.273. The molecular weight excluding hydrogens is 403 g/mol. The number of aliphatic imine (C=N–C) groups is 2. The largest absolute Gasteiger partial charge is 0.325 e. The molecule has 2 aliphatic heterocycles. The van der Waals surface area contributed by atoms with E-state index in [4.69, 9.17) is 0 Å². The van der Waals surface area contributed by atoms with Crippen molar-refractivity contribution in [3.8, 4) is 0 Å². The number of amides is 2. The summed E-state index contributed by atoms with van der Waals surface area (Å²) in [6.45, 7) is 5.57. The Balaban J connectivity index is 1.54. The van der Waals surface area contributed by atoms with E-state index in [1.807, 2.05) is 38.1 Å². The molecule has 30 heavy (non-hydrogen) atoms. The highest BCUT2D eigenvalue weighted by molar-refractivity contribution is 8.14. The Morgan fingerprint density at radius 2 is 2.03 bits per heavy atom. The van der Waals surface area contributed by atoms with Gasteiger partial charge in [0, 0.05) is 11.3 Å². The number of aryl methyl sites for hydroxylation is 1. The molecule has 0 fully saturated rings. The second kappa shape index (κ2) is 8.02. The molecule has 1 N–H and O–H groups in total. The van der Waals surface area contributed by atoms with Crippen molar-refractivity contribution in [2.45, 2.75) is 26.8 Å². The number of anilines is 1. The van der Waals surface area contributed by atoms with Crippen LogP contribution in [0.5, 0.6) is 0 Å². The first kappa shape index (κ1) is 20.3. The zero-order valence-electron chi connectivity index (χ0n) is 16.8. The molecule has 0 saturated heterocycles. The van der Waals surface area contributed by atoms with Crippen molar-refractivity contribution in [2.24, 2.45) is 15.9 Å². The second-order valence-electron chi connectivity index (χ2n) is 7.53. The lowest BCUT2D eigenvalue weighted by Crippen LogP contribution is -2.42. The molecule has 0 saturated carbocycles. The van der Waals surface area contributed by atoms with Crippen LogP contribution in [0.3, 0.4) is 0 Å². The lowest BCUT2D eigenvalue weighted by atomic mass is 10.1. The maximum atomic E-state index is 13.7. The predicted molar refractivity (Wildman–Crippen MR) is 118 cm³/mol. The Hall–Kier alpha value is -3.00. The maximum absolute atomic E-state index is 13.7. The monoisotopic (exact) mass is 424 g/mol. The van der Waals surface area contributed by atoms with Gasteiger partial charge in [-0.1, -0.05) is 43.8 Å². The first-order chi connectivity index (χ1) is 14.3. The highest BCUT2D eigenvalue weighted by Gasteiger charge is 2.42. The van der Waals surface area contributed by atoms with E-state index in [0.717, 1.165) is 17.3 Å². The normalized spacial score (nSPS) is 17.4. The first-order valence-electron chi connectivity index (χ1n) is 9.64. The van der Waals surface area contributed by atoms with E-state index < -0.39 is 6.04 Å². The first-order valence-corrected chi connectivity index (χ1v) is 10.6. The number of benzene rings is 2. The molecule has 2 aromatic carbocycles. The molecule has 2 aromatic rings. The topological polar surface area (TPSA) is 74.1 Å². The fourth-order valence-electron chi connectivity index (χ4n) is 3.30. The molecule has 4 rings (SSSR count). The van der Waals surface area contributed by atoms with Crippen LogP contribution in [0.25, 0.3) is 0 Å². The number of carbonyl (C=O) groups excluding carboxylic acids is 2. The van der Waals surface area contributed by atoms with Crippen LogP contribution in [0, 0.1) is 18.7 Å². The van der Waals surface area contributed by atoms with Gasteiger partial charge in [-0.3, -0.25) is 14.6 Å². The molecule has 0 spiro atoms. The van der Waals surface area contributed by atoms with Crippen molar-refractivity contribution in [3.63, 3.8) is 0 Å². The van der Waals surface area contributed by atoms with Crippen LogP contribution >= 0.6 is 11.8 Å². The summed E-state index contributed by atoms with van der Waals surface area (Å²) >= 11 is 1.16. The summed E-state index contributed by atoms with van der Waals surface area (Å²) in [4.78, 5) is 36.1. The van der Waals surface area contributed by atoms with E-state index in [9.17, 15) is 14.0 Å². The molecule has 0 bridgehead atoms. The standard InChI is InChI=1S/C22H21FN4O2S/c1-12(2)19-21(29)27-20(26-19)15-6-4-5-7-17(15)25-22(27)30-11-18(28)24-14-9-8-13(3)16(23)10-14/h4-10,12,19H,11H2,1-3H3,(H,24,28)/t19-/m0/s1. The number of thioether (sulfide) groups is 1. The average Bonchev–Trinajstić information content (AvgIpc) is 3.07. The molecule has 0 aromatic heterocycles. The van der Waals surface area contributed by atoms with Gasteiger partial charge in [-0.2, -0.15) is 0 Å². The molecule has 0 unspecified atom stereocenters. The highest BCUT2D eigenvalue weighted by Crippen LogP contribution is 2.34. The minimum Gasteiger partial charge on any atom is -0.325 e. The molecule has 2 heterocycles. The van der Waals surface area contributed by atoms with Crippen LogP contribution in [-0.4, -0.2) is 39.5 Å². The van der Waals surface area contributed by atoms with Gasteiger partial charge in [-0.25, -0.2) is 14.3 Å². The second-order valence-corrected chi connectivity index (χ2v) is 8.47.